The van der Waals surface area contributed by atoms with Gasteiger partial charge in [-0.2, -0.15) is 0 Å². The van der Waals surface area contributed by atoms with Gasteiger partial charge in [0.2, 0.25) is 5.91 Å². The van der Waals surface area contributed by atoms with Gasteiger partial charge in [0.15, 0.2) is 0 Å². The number of rotatable bonds is 4. The number of benzene rings is 1. The Morgan fingerprint density at radius 3 is 2.62 bits per heavy atom. The summed E-state index contributed by atoms with van der Waals surface area (Å²) in [5.41, 5.74) is 0.898. The number of ether oxygens (including phenoxy) is 1. The van der Waals surface area contributed by atoms with E-state index in [1.807, 2.05) is 6.92 Å². The van der Waals surface area contributed by atoms with Crippen LogP contribution in [0.15, 0.2) is 24.3 Å². The van der Waals surface area contributed by atoms with E-state index >= 15 is 0 Å². The number of hydrogen-bond acceptors (Lipinski definition) is 4. The molecule has 1 fully saturated rings. The fourth-order valence-corrected chi connectivity index (χ4v) is 2.51. The zero-order valence-corrected chi connectivity index (χ0v) is 12.4. The highest BCUT2D eigenvalue weighted by molar-refractivity contribution is 5.96. The summed E-state index contributed by atoms with van der Waals surface area (Å²) < 4.78 is 4.54. The van der Waals surface area contributed by atoms with Gasteiger partial charge in [-0.3, -0.25) is 10.1 Å². The van der Waals surface area contributed by atoms with Gasteiger partial charge < -0.3 is 15.4 Å². The predicted molar refractivity (Wildman–Crippen MR) is 81.3 cm³/mol. The van der Waals surface area contributed by atoms with Crippen molar-refractivity contribution in [3.8, 4) is 0 Å². The first-order valence-electron chi connectivity index (χ1n) is 7.07. The van der Waals surface area contributed by atoms with E-state index in [0.717, 1.165) is 19.4 Å². The van der Waals surface area contributed by atoms with Gasteiger partial charge in [-0.1, -0.05) is 13.0 Å². The average Bonchev–Trinajstić information content (AvgIpc) is 2.97. The molecule has 0 aromatic heterocycles. The first-order chi connectivity index (χ1) is 10.1. The molecule has 1 unspecified atom stereocenters. The second-order valence-electron chi connectivity index (χ2n) is 5.21. The van der Waals surface area contributed by atoms with Gasteiger partial charge in [-0.15, -0.1) is 0 Å². The third kappa shape index (κ3) is 3.52. The lowest BCUT2D eigenvalue weighted by atomic mass is 9.83. The standard InChI is InChI=1S/C15H21N3O3/c1-3-15(7-8-16-10-15)13(19)17-11-5-4-6-12(9-11)18-14(20)21-2/h4-6,9,16H,3,7-8,10H2,1-2H3,(H,17,19)(H,18,20). The van der Waals surface area contributed by atoms with Gasteiger partial charge in [-0.05, 0) is 37.6 Å². The van der Waals surface area contributed by atoms with E-state index in [4.69, 9.17) is 0 Å². The maximum atomic E-state index is 12.5. The topological polar surface area (TPSA) is 79.5 Å². The molecule has 114 valence electrons. The number of hydrogen-bond donors (Lipinski definition) is 3. The Morgan fingerprint density at radius 2 is 2.05 bits per heavy atom. The number of nitrogens with one attached hydrogen (secondary N) is 3. The minimum absolute atomic E-state index is 0.0187. The van der Waals surface area contributed by atoms with E-state index < -0.39 is 6.09 Å². The van der Waals surface area contributed by atoms with E-state index in [1.165, 1.54) is 7.11 Å². The molecule has 1 saturated heterocycles. The predicted octanol–water partition coefficient (Wildman–Crippen LogP) is 2.19. The van der Waals surface area contributed by atoms with Crippen LogP contribution in [-0.4, -0.2) is 32.2 Å². The molecular weight excluding hydrogens is 270 g/mol. The lowest BCUT2D eigenvalue weighted by Crippen LogP contribution is -2.37. The molecule has 2 amide bonds. The maximum Gasteiger partial charge on any atom is 0.411 e. The molecule has 6 nitrogen and oxygen atoms in total. The molecule has 1 aliphatic rings. The second-order valence-corrected chi connectivity index (χ2v) is 5.21. The van der Waals surface area contributed by atoms with Gasteiger partial charge in [0.1, 0.15) is 0 Å². The van der Waals surface area contributed by atoms with Crippen molar-refractivity contribution >= 4 is 23.4 Å². The number of carbonyl (C=O) groups excluding carboxylic acids is 2. The second kappa shape index (κ2) is 6.58. The molecule has 3 N–H and O–H groups in total. The van der Waals surface area contributed by atoms with E-state index in [-0.39, 0.29) is 11.3 Å². The molecule has 0 bridgehead atoms. The molecule has 0 aliphatic carbocycles. The quantitative estimate of drug-likeness (QED) is 0.794. The number of anilines is 2. The highest BCUT2D eigenvalue weighted by Gasteiger charge is 2.39. The van der Waals surface area contributed by atoms with Gasteiger partial charge in [0.25, 0.3) is 0 Å². The normalized spacial score (nSPS) is 20.9. The summed E-state index contributed by atoms with van der Waals surface area (Å²) in [7, 11) is 1.30. The van der Waals surface area contributed by atoms with Crippen LogP contribution in [0.1, 0.15) is 19.8 Å². The number of carbonyl (C=O) groups is 2. The van der Waals surface area contributed by atoms with Crippen LogP contribution in [0.3, 0.4) is 0 Å². The van der Waals surface area contributed by atoms with Crippen molar-refractivity contribution < 1.29 is 14.3 Å². The lowest BCUT2D eigenvalue weighted by Gasteiger charge is -2.25. The van der Waals surface area contributed by atoms with Crippen molar-refractivity contribution in [2.24, 2.45) is 5.41 Å². The highest BCUT2D eigenvalue weighted by Crippen LogP contribution is 2.31. The molecule has 1 aromatic rings. The SMILES string of the molecule is CCC1(C(=O)Nc2cccc(NC(=O)OC)c2)CCNC1. The van der Waals surface area contributed by atoms with Crippen LogP contribution < -0.4 is 16.0 Å². The molecule has 2 rings (SSSR count). The van der Waals surface area contributed by atoms with Crippen molar-refractivity contribution in [3.63, 3.8) is 0 Å². The van der Waals surface area contributed by atoms with Crippen molar-refractivity contribution in [1.29, 1.82) is 0 Å². The van der Waals surface area contributed by atoms with Crippen molar-refractivity contribution in [2.45, 2.75) is 19.8 Å². The minimum Gasteiger partial charge on any atom is -0.453 e. The Bertz CT molecular complexity index is 525. The fraction of sp³-hybridized carbons (Fsp3) is 0.467. The summed E-state index contributed by atoms with van der Waals surface area (Å²) >= 11 is 0. The minimum atomic E-state index is -0.538. The molecule has 0 radical (unpaired) electrons. The van der Waals surface area contributed by atoms with E-state index in [0.29, 0.717) is 17.9 Å². The molecule has 6 heteroatoms. The monoisotopic (exact) mass is 291 g/mol. The molecule has 0 spiro atoms. The summed E-state index contributed by atoms with van der Waals surface area (Å²) in [6.07, 6.45) is 1.10. The number of amides is 2. The Labute approximate surface area is 124 Å². The fourth-order valence-electron chi connectivity index (χ4n) is 2.51. The summed E-state index contributed by atoms with van der Waals surface area (Å²) in [6, 6.07) is 7.01. The molecule has 0 saturated carbocycles. The summed E-state index contributed by atoms with van der Waals surface area (Å²) in [5, 5.41) is 8.75. The third-order valence-electron chi connectivity index (χ3n) is 3.95. The molecule has 1 aromatic carbocycles. The van der Waals surface area contributed by atoms with Gasteiger partial charge in [0, 0.05) is 17.9 Å². The first-order valence-corrected chi connectivity index (χ1v) is 7.07. The largest absolute Gasteiger partial charge is 0.453 e. The zero-order valence-electron chi connectivity index (χ0n) is 12.4. The lowest BCUT2D eigenvalue weighted by molar-refractivity contribution is -0.124. The van der Waals surface area contributed by atoms with Crippen LogP contribution in [0.4, 0.5) is 16.2 Å². The van der Waals surface area contributed by atoms with Crippen LogP contribution in [-0.2, 0) is 9.53 Å². The molecule has 1 atom stereocenters. The summed E-state index contributed by atoms with van der Waals surface area (Å²) in [6.45, 7) is 3.60. The van der Waals surface area contributed by atoms with Crippen LogP contribution in [0.25, 0.3) is 0 Å². The average molecular weight is 291 g/mol. The van der Waals surface area contributed by atoms with Gasteiger partial charge >= 0.3 is 6.09 Å². The van der Waals surface area contributed by atoms with Gasteiger partial charge in [-0.25, -0.2) is 4.79 Å². The molecule has 1 aliphatic heterocycles. The zero-order chi connectivity index (χ0) is 15.3. The van der Waals surface area contributed by atoms with Crippen molar-refractivity contribution in [2.75, 3.05) is 30.8 Å². The van der Waals surface area contributed by atoms with E-state index in [9.17, 15) is 9.59 Å². The van der Waals surface area contributed by atoms with Crippen LogP contribution in [0.2, 0.25) is 0 Å². The van der Waals surface area contributed by atoms with E-state index in [1.54, 1.807) is 24.3 Å². The van der Waals surface area contributed by atoms with E-state index in [2.05, 4.69) is 20.7 Å². The number of methoxy groups -OCH3 is 1. The Balaban J connectivity index is 2.07. The Hall–Kier alpha value is -2.08. The molecular formula is C15H21N3O3. The Kier molecular flexibility index (Phi) is 4.80. The van der Waals surface area contributed by atoms with Crippen LogP contribution in [0.5, 0.6) is 0 Å². The van der Waals surface area contributed by atoms with Crippen LogP contribution in [0, 0.1) is 5.41 Å². The van der Waals surface area contributed by atoms with Crippen LogP contribution >= 0.6 is 0 Å². The Morgan fingerprint density at radius 1 is 1.33 bits per heavy atom. The first kappa shape index (κ1) is 15.3. The molecule has 1 heterocycles. The smallest absolute Gasteiger partial charge is 0.411 e. The summed E-state index contributed by atoms with van der Waals surface area (Å²) in [5.74, 6) is 0.0187. The van der Waals surface area contributed by atoms with Crippen molar-refractivity contribution in [3.05, 3.63) is 24.3 Å². The third-order valence-corrected chi connectivity index (χ3v) is 3.95. The maximum absolute atomic E-state index is 12.5. The van der Waals surface area contributed by atoms with Gasteiger partial charge in [0.05, 0.1) is 12.5 Å². The highest BCUT2D eigenvalue weighted by atomic mass is 16.5. The summed E-state index contributed by atoms with van der Waals surface area (Å²) in [4.78, 5) is 23.7. The molecule has 21 heavy (non-hydrogen) atoms. The van der Waals surface area contributed by atoms with Crippen molar-refractivity contribution in [1.82, 2.24) is 5.32 Å².